The Morgan fingerprint density at radius 3 is 2.50 bits per heavy atom. The lowest BCUT2D eigenvalue weighted by Gasteiger charge is -2.35. The standard InChI is InChI=1S/C25H29FN4O2/c1-19(17-28-12-14-32-15-13-28)29(18-21-6-4-3-5-7-21)25(31)24-16-27-30(20(24)2)23-10-8-22(26)9-11-23/h3-11,16,19H,12-15,17-18H2,1-2H3. The second kappa shape index (κ2) is 10.1. The van der Waals surface area contributed by atoms with Gasteiger partial charge in [-0.15, -0.1) is 0 Å². The highest BCUT2D eigenvalue weighted by Crippen LogP contribution is 2.20. The summed E-state index contributed by atoms with van der Waals surface area (Å²) in [6.45, 7) is 8.47. The minimum atomic E-state index is -0.305. The third-order valence-electron chi connectivity index (χ3n) is 5.93. The predicted molar refractivity (Wildman–Crippen MR) is 121 cm³/mol. The molecule has 0 saturated carbocycles. The molecule has 2 aromatic carbocycles. The summed E-state index contributed by atoms with van der Waals surface area (Å²) in [5.74, 6) is -0.360. The van der Waals surface area contributed by atoms with Crippen molar-refractivity contribution in [3.8, 4) is 5.69 Å². The lowest BCUT2D eigenvalue weighted by molar-refractivity contribution is 0.0228. The van der Waals surface area contributed by atoms with Crippen molar-refractivity contribution >= 4 is 5.91 Å². The zero-order chi connectivity index (χ0) is 22.5. The molecule has 1 amide bonds. The van der Waals surface area contributed by atoms with Gasteiger partial charge in [-0.3, -0.25) is 9.69 Å². The van der Waals surface area contributed by atoms with Crippen molar-refractivity contribution in [1.82, 2.24) is 19.6 Å². The van der Waals surface area contributed by atoms with E-state index in [0.29, 0.717) is 12.1 Å². The SMILES string of the molecule is Cc1c(C(=O)N(Cc2ccccc2)C(C)CN2CCOCC2)cnn1-c1ccc(F)cc1. The zero-order valence-electron chi connectivity index (χ0n) is 18.6. The van der Waals surface area contributed by atoms with Crippen LogP contribution in [0.3, 0.4) is 0 Å². The first-order valence-corrected chi connectivity index (χ1v) is 11.0. The highest BCUT2D eigenvalue weighted by Gasteiger charge is 2.27. The summed E-state index contributed by atoms with van der Waals surface area (Å²) < 4.78 is 20.5. The Labute approximate surface area is 188 Å². The Kier molecular flexibility index (Phi) is 6.97. The molecule has 4 rings (SSSR count). The maximum absolute atomic E-state index is 13.7. The number of carbonyl (C=O) groups excluding carboxylic acids is 1. The van der Waals surface area contributed by atoms with Gasteiger partial charge in [0.25, 0.3) is 5.91 Å². The highest BCUT2D eigenvalue weighted by molar-refractivity contribution is 5.95. The fourth-order valence-corrected chi connectivity index (χ4v) is 4.08. The van der Waals surface area contributed by atoms with E-state index in [0.717, 1.165) is 49.8 Å². The molecule has 1 fully saturated rings. The molecule has 6 nitrogen and oxygen atoms in total. The van der Waals surface area contributed by atoms with Gasteiger partial charge in [0, 0.05) is 32.2 Å². The molecule has 1 aliphatic heterocycles. The van der Waals surface area contributed by atoms with Crippen LogP contribution in [0.2, 0.25) is 0 Å². The summed E-state index contributed by atoms with van der Waals surface area (Å²) >= 11 is 0. The number of aromatic nitrogens is 2. The summed E-state index contributed by atoms with van der Waals surface area (Å²) in [6, 6.07) is 16.1. The lowest BCUT2D eigenvalue weighted by Crippen LogP contribution is -2.48. The van der Waals surface area contributed by atoms with E-state index >= 15 is 0 Å². The first kappa shape index (κ1) is 22.2. The molecule has 7 heteroatoms. The first-order valence-electron chi connectivity index (χ1n) is 11.0. The predicted octanol–water partition coefficient (Wildman–Crippen LogP) is 3.68. The molecule has 0 aliphatic carbocycles. The molecule has 0 N–H and O–H groups in total. The molecule has 0 spiro atoms. The number of nitrogens with zero attached hydrogens (tertiary/aromatic N) is 4. The fourth-order valence-electron chi connectivity index (χ4n) is 4.08. The third-order valence-corrected chi connectivity index (χ3v) is 5.93. The molecule has 1 aromatic heterocycles. The largest absolute Gasteiger partial charge is 0.379 e. The van der Waals surface area contributed by atoms with Crippen LogP contribution in [-0.4, -0.2) is 64.4 Å². The van der Waals surface area contributed by atoms with Crippen molar-refractivity contribution < 1.29 is 13.9 Å². The molecule has 0 radical (unpaired) electrons. The van der Waals surface area contributed by atoms with Crippen molar-refractivity contribution in [3.05, 3.63) is 83.4 Å². The van der Waals surface area contributed by atoms with Gasteiger partial charge in [-0.25, -0.2) is 9.07 Å². The fraction of sp³-hybridized carbons (Fsp3) is 0.360. The van der Waals surface area contributed by atoms with Crippen LogP contribution in [0, 0.1) is 12.7 Å². The Balaban J connectivity index is 1.59. The number of halogens is 1. The van der Waals surface area contributed by atoms with Crippen molar-refractivity contribution in [3.63, 3.8) is 0 Å². The second-order valence-corrected chi connectivity index (χ2v) is 8.21. The normalized spacial score (nSPS) is 15.5. The summed E-state index contributed by atoms with van der Waals surface area (Å²) in [7, 11) is 0. The number of morpholine rings is 1. The second-order valence-electron chi connectivity index (χ2n) is 8.21. The smallest absolute Gasteiger partial charge is 0.257 e. The van der Waals surface area contributed by atoms with Gasteiger partial charge in [0.2, 0.25) is 0 Å². The minimum absolute atomic E-state index is 0.00868. The molecule has 3 aromatic rings. The topological polar surface area (TPSA) is 50.6 Å². The van der Waals surface area contributed by atoms with Crippen LogP contribution < -0.4 is 0 Å². The maximum Gasteiger partial charge on any atom is 0.257 e. The molecule has 168 valence electrons. The van der Waals surface area contributed by atoms with Gasteiger partial charge >= 0.3 is 0 Å². The maximum atomic E-state index is 13.7. The quantitative estimate of drug-likeness (QED) is 0.567. The molecular formula is C25H29FN4O2. The van der Waals surface area contributed by atoms with Gasteiger partial charge in [-0.2, -0.15) is 5.10 Å². The third kappa shape index (κ3) is 5.06. The highest BCUT2D eigenvalue weighted by atomic mass is 19.1. The van der Waals surface area contributed by atoms with Gasteiger partial charge in [-0.1, -0.05) is 30.3 Å². The average Bonchev–Trinajstić information content (AvgIpc) is 3.20. The average molecular weight is 437 g/mol. The van der Waals surface area contributed by atoms with Crippen LogP contribution in [-0.2, 0) is 11.3 Å². The van der Waals surface area contributed by atoms with E-state index in [-0.39, 0.29) is 17.8 Å². The van der Waals surface area contributed by atoms with E-state index in [9.17, 15) is 9.18 Å². The van der Waals surface area contributed by atoms with Crippen LogP contribution in [0.5, 0.6) is 0 Å². The molecule has 1 atom stereocenters. The van der Waals surface area contributed by atoms with Crippen LogP contribution >= 0.6 is 0 Å². The van der Waals surface area contributed by atoms with Crippen LogP contribution in [0.25, 0.3) is 5.69 Å². The molecule has 1 aliphatic rings. The summed E-state index contributed by atoms with van der Waals surface area (Å²) in [4.78, 5) is 18.0. The zero-order valence-corrected chi connectivity index (χ0v) is 18.6. The van der Waals surface area contributed by atoms with Gasteiger partial charge in [-0.05, 0) is 43.7 Å². The van der Waals surface area contributed by atoms with Gasteiger partial charge in [0.15, 0.2) is 0 Å². The number of rotatable bonds is 7. The van der Waals surface area contributed by atoms with E-state index in [1.807, 2.05) is 42.2 Å². The molecule has 0 bridgehead atoms. The molecular weight excluding hydrogens is 407 g/mol. The Morgan fingerprint density at radius 2 is 1.81 bits per heavy atom. The summed E-state index contributed by atoms with van der Waals surface area (Å²) in [5, 5.41) is 4.42. The van der Waals surface area contributed by atoms with E-state index in [4.69, 9.17) is 4.74 Å². The molecule has 2 heterocycles. The van der Waals surface area contributed by atoms with Gasteiger partial charge < -0.3 is 9.64 Å². The Bertz CT molecular complexity index is 1030. The number of amides is 1. The van der Waals surface area contributed by atoms with Crippen molar-refractivity contribution in [2.24, 2.45) is 0 Å². The van der Waals surface area contributed by atoms with E-state index in [1.54, 1.807) is 23.0 Å². The molecule has 32 heavy (non-hydrogen) atoms. The van der Waals surface area contributed by atoms with E-state index < -0.39 is 0 Å². The number of benzene rings is 2. The van der Waals surface area contributed by atoms with Gasteiger partial charge in [0.05, 0.1) is 36.4 Å². The summed E-state index contributed by atoms with van der Waals surface area (Å²) in [5.41, 5.74) is 3.09. The Hall–Kier alpha value is -3.03. The van der Waals surface area contributed by atoms with Crippen molar-refractivity contribution in [2.75, 3.05) is 32.8 Å². The van der Waals surface area contributed by atoms with Crippen LogP contribution in [0.15, 0.2) is 60.8 Å². The van der Waals surface area contributed by atoms with E-state index in [2.05, 4.69) is 16.9 Å². The Morgan fingerprint density at radius 1 is 1.12 bits per heavy atom. The van der Waals surface area contributed by atoms with Crippen LogP contribution in [0.1, 0.15) is 28.5 Å². The number of ether oxygens (including phenoxy) is 1. The van der Waals surface area contributed by atoms with Crippen LogP contribution in [0.4, 0.5) is 4.39 Å². The number of hydrogen-bond acceptors (Lipinski definition) is 4. The number of hydrogen-bond donors (Lipinski definition) is 0. The lowest BCUT2D eigenvalue weighted by atomic mass is 10.1. The minimum Gasteiger partial charge on any atom is -0.379 e. The van der Waals surface area contributed by atoms with Crippen molar-refractivity contribution in [1.29, 1.82) is 0 Å². The molecule has 1 saturated heterocycles. The molecule has 1 unspecified atom stereocenters. The van der Waals surface area contributed by atoms with Gasteiger partial charge in [0.1, 0.15) is 5.82 Å². The summed E-state index contributed by atoms with van der Waals surface area (Å²) in [6.07, 6.45) is 1.61. The van der Waals surface area contributed by atoms with E-state index in [1.165, 1.54) is 12.1 Å². The van der Waals surface area contributed by atoms with Crippen molar-refractivity contribution in [2.45, 2.75) is 26.4 Å². The monoisotopic (exact) mass is 436 g/mol. The first-order chi connectivity index (χ1) is 15.5. The number of carbonyl (C=O) groups is 1.